The standard InChI is InChI=1S/C15H27F3O2S/c1-3-5-10-13(14(19)20-4-2)21-12-9-7-6-8-11-15(16,17)18/h13H,3-12H2,1-2H3. The number of esters is 1. The number of halogens is 3. The molecule has 126 valence electrons. The summed E-state index contributed by atoms with van der Waals surface area (Å²) in [6, 6.07) is 0. The van der Waals surface area contributed by atoms with Gasteiger partial charge in [-0.1, -0.05) is 32.6 Å². The summed E-state index contributed by atoms with van der Waals surface area (Å²) < 4.78 is 40.9. The second kappa shape index (κ2) is 12.2. The molecule has 0 radical (unpaired) electrons. The molecule has 1 unspecified atom stereocenters. The lowest BCUT2D eigenvalue weighted by Gasteiger charge is -2.14. The highest BCUT2D eigenvalue weighted by atomic mass is 32.2. The molecule has 0 aliphatic carbocycles. The van der Waals surface area contributed by atoms with Crippen LogP contribution in [-0.2, 0) is 9.53 Å². The average Bonchev–Trinajstić information content (AvgIpc) is 2.40. The maximum atomic E-state index is 12.0. The van der Waals surface area contributed by atoms with E-state index < -0.39 is 12.6 Å². The van der Waals surface area contributed by atoms with Gasteiger partial charge in [-0.05, 0) is 31.9 Å². The Morgan fingerprint density at radius 1 is 1.10 bits per heavy atom. The molecule has 0 saturated heterocycles. The van der Waals surface area contributed by atoms with Crippen LogP contribution in [0.3, 0.4) is 0 Å². The summed E-state index contributed by atoms with van der Waals surface area (Å²) in [6.07, 6.45) is 0.539. The lowest BCUT2D eigenvalue weighted by Crippen LogP contribution is -2.20. The maximum absolute atomic E-state index is 12.0. The van der Waals surface area contributed by atoms with Crippen molar-refractivity contribution in [2.75, 3.05) is 12.4 Å². The van der Waals surface area contributed by atoms with Crippen molar-refractivity contribution < 1.29 is 22.7 Å². The van der Waals surface area contributed by atoms with Gasteiger partial charge >= 0.3 is 12.1 Å². The van der Waals surface area contributed by atoms with Crippen molar-refractivity contribution in [2.24, 2.45) is 0 Å². The highest BCUT2D eigenvalue weighted by Crippen LogP contribution is 2.24. The molecule has 0 spiro atoms. The molecule has 0 aliphatic heterocycles. The van der Waals surface area contributed by atoms with Gasteiger partial charge in [-0.25, -0.2) is 0 Å². The Bertz CT molecular complexity index is 270. The molecule has 0 rings (SSSR count). The summed E-state index contributed by atoms with van der Waals surface area (Å²) >= 11 is 1.58. The molecule has 0 aromatic rings. The van der Waals surface area contributed by atoms with Crippen molar-refractivity contribution in [3.63, 3.8) is 0 Å². The van der Waals surface area contributed by atoms with Crippen LogP contribution in [0.2, 0.25) is 0 Å². The fourth-order valence-electron chi connectivity index (χ4n) is 1.90. The Morgan fingerprint density at radius 3 is 2.33 bits per heavy atom. The first-order valence-electron chi connectivity index (χ1n) is 7.75. The van der Waals surface area contributed by atoms with E-state index in [-0.39, 0.29) is 17.6 Å². The van der Waals surface area contributed by atoms with Crippen molar-refractivity contribution >= 4 is 17.7 Å². The quantitative estimate of drug-likeness (QED) is 0.356. The molecule has 0 amide bonds. The molecule has 0 aliphatic rings. The first kappa shape index (κ1) is 20.6. The molecule has 0 fully saturated rings. The predicted octanol–water partition coefficient (Wildman–Crippen LogP) is 5.35. The van der Waals surface area contributed by atoms with E-state index in [2.05, 4.69) is 6.92 Å². The number of alkyl halides is 3. The van der Waals surface area contributed by atoms with Crippen molar-refractivity contribution in [3.05, 3.63) is 0 Å². The van der Waals surface area contributed by atoms with E-state index >= 15 is 0 Å². The Balaban J connectivity index is 3.74. The van der Waals surface area contributed by atoms with Gasteiger partial charge in [-0.15, -0.1) is 11.8 Å². The molecule has 0 heterocycles. The van der Waals surface area contributed by atoms with Crippen LogP contribution in [0.25, 0.3) is 0 Å². The molecule has 0 saturated carbocycles. The molecular formula is C15H27F3O2S. The van der Waals surface area contributed by atoms with Gasteiger partial charge in [-0.2, -0.15) is 13.2 Å². The van der Waals surface area contributed by atoms with Crippen LogP contribution in [0.15, 0.2) is 0 Å². The van der Waals surface area contributed by atoms with E-state index in [0.29, 0.717) is 13.0 Å². The van der Waals surface area contributed by atoms with E-state index in [1.807, 2.05) is 0 Å². The monoisotopic (exact) mass is 328 g/mol. The van der Waals surface area contributed by atoms with Crippen LogP contribution in [0.4, 0.5) is 13.2 Å². The van der Waals surface area contributed by atoms with Gasteiger partial charge in [0.05, 0.1) is 6.61 Å². The minimum Gasteiger partial charge on any atom is -0.465 e. The van der Waals surface area contributed by atoms with E-state index in [1.165, 1.54) is 0 Å². The Hall–Kier alpha value is -0.390. The van der Waals surface area contributed by atoms with Gasteiger partial charge in [0.15, 0.2) is 0 Å². The minimum atomic E-state index is -4.04. The maximum Gasteiger partial charge on any atom is 0.389 e. The molecule has 2 nitrogen and oxygen atoms in total. The number of carbonyl (C=O) groups excluding carboxylic acids is 1. The molecule has 0 N–H and O–H groups in total. The number of hydrogen-bond acceptors (Lipinski definition) is 3. The zero-order chi connectivity index (χ0) is 16.1. The third kappa shape index (κ3) is 13.0. The van der Waals surface area contributed by atoms with Crippen LogP contribution in [0.1, 0.15) is 65.2 Å². The zero-order valence-corrected chi connectivity index (χ0v) is 13.8. The van der Waals surface area contributed by atoms with Crippen molar-refractivity contribution in [2.45, 2.75) is 76.6 Å². The van der Waals surface area contributed by atoms with Gasteiger partial charge in [0, 0.05) is 6.42 Å². The number of rotatable bonds is 12. The van der Waals surface area contributed by atoms with E-state index in [9.17, 15) is 18.0 Å². The molecule has 0 aromatic carbocycles. The van der Waals surface area contributed by atoms with Gasteiger partial charge in [-0.3, -0.25) is 4.79 Å². The van der Waals surface area contributed by atoms with Gasteiger partial charge in [0.2, 0.25) is 0 Å². The normalized spacial score (nSPS) is 13.2. The van der Waals surface area contributed by atoms with E-state index in [4.69, 9.17) is 4.74 Å². The molecule has 0 aromatic heterocycles. The minimum absolute atomic E-state index is 0.125. The topological polar surface area (TPSA) is 26.3 Å². The number of thioether (sulfide) groups is 1. The summed E-state index contributed by atoms with van der Waals surface area (Å²) in [5.74, 6) is 0.646. The second-order valence-corrected chi connectivity index (χ2v) is 6.34. The highest BCUT2D eigenvalue weighted by molar-refractivity contribution is 8.00. The molecule has 0 bridgehead atoms. The van der Waals surface area contributed by atoms with Gasteiger partial charge < -0.3 is 4.74 Å². The number of carbonyl (C=O) groups is 1. The lowest BCUT2D eigenvalue weighted by molar-refractivity contribution is -0.142. The Morgan fingerprint density at radius 2 is 1.76 bits per heavy atom. The number of ether oxygens (including phenoxy) is 1. The largest absolute Gasteiger partial charge is 0.465 e. The number of unbranched alkanes of at least 4 members (excludes halogenated alkanes) is 4. The van der Waals surface area contributed by atoms with Gasteiger partial charge in [0.25, 0.3) is 0 Å². The van der Waals surface area contributed by atoms with Gasteiger partial charge in [0.1, 0.15) is 5.25 Å². The van der Waals surface area contributed by atoms with Crippen LogP contribution < -0.4 is 0 Å². The summed E-state index contributed by atoms with van der Waals surface area (Å²) in [5.41, 5.74) is 0. The van der Waals surface area contributed by atoms with Crippen LogP contribution in [0, 0.1) is 0 Å². The van der Waals surface area contributed by atoms with Crippen LogP contribution in [-0.4, -0.2) is 29.8 Å². The summed E-state index contributed by atoms with van der Waals surface area (Å²) in [6.45, 7) is 4.26. The predicted molar refractivity (Wildman–Crippen MR) is 81.5 cm³/mol. The first-order valence-corrected chi connectivity index (χ1v) is 8.80. The van der Waals surface area contributed by atoms with Crippen molar-refractivity contribution in [1.82, 2.24) is 0 Å². The SMILES string of the molecule is CCCCC(SCCCCCCC(F)(F)F)C(=O)OCC. The third-order valence-corrected chi connectivity index (χ3v) is 4.40. The Labute approximate surface area is 130 Å². The molecule has 1 atom stereocenters. The summed E-state index contributed by atoms with van der Waals surface area (Å²) in [4.78, 5) is 11.8. The van der Waals surface area contributed by atoms with E-state index in [1.54, 1.807) is 18.7 Å². The van der Waals surface area contributed by atoms with Crippen molar-refractivity contribution in [3.8, 4) is 0 Å². The molecule has 6 heteroatoms. The molecule has 21 heavy (non-hydrogen) atoms. The average molecular weight is 328 g/mol. The smallest absolute Gasteiger partial charge is 0.389 e. The first-order chi connectivity index (χ1) is 9.90. The molecular weight excluding hydrogens is 301 g/mol. The fraction of sp³-hybridized carbons (Fsp3) is 0.933. The van der Waals surface area contributed by atoms with E-state index in [0.717, 1.165) is 37.9 Å². The number of hydrogen-bond donors (Lipinski definition) is 0. The highest BCUT2D eigenvalue weighted by Gasteiger charge is 2.25. The van der Waals surface area contributed by atoms with Crippen molar-refractivity contribution in [1.29, 1.82) is 0 Å². The lowest BCUT2D eigenvalue weighted by atomic mass is 10.1. The fourth-order valence-corrected chi connectivity index (χ4v) is 3.09. The third-order valence-electron chi connectivity index (χ3n) is 3.04. The Kier molecular flexibility index (Phi) is 12.0. The summed E-state index contributed by atoms with van der Waals surface area (Å²) in [5, 5.41) is -0.125. The van der Waals surface area contributed by atoms with Crippen LogP contribution in [0.5, 0.6) is 0 Å². The second-order valence-electron chi connectivity index (χ2n) is 5.03. The summed E-state index contributed by atoms with van der Waals surface area (Å²) in [7, 11) is 0. The van der Waals surface area contributed by atoms with Crippen LogP contribution >= 0.6 is 11.8 Å². The zero-order valence-electron chi connectivity index (χ0n) is 13.0.